The van der Waals surface area contributed by atoms with E-state index in [-0.39, 0.29) is 5.69 Å². The molecule has 6 aromatic rings. The van der Waals surface area contributed by atoms with E-state index in [9.17, 15) is 10.1 Å². The lowest BCUT2D eigenvalue weighted by Gasteiger charge is -2.14. The summed E-state index contributed by atoms with van der Waals surface area (Å²) in [5.74, 6) is 1.03. The summed E-state index contributed by atoms with van der Waals surface area (Å²) in [6, 6.07) is 29.9. The Morgan fingerprint density at radius 3 is 2.03 bits per heavy atom. The Balaban J connectivity index is 1.84. The van der Waals surface area contributed by atoms with Gasteiger partial charge in [-0.15, -0.1) is 0 Å². The van der Waals surface area contributed by atoms with Gasteiger partial charge in [0.2, 0.25) is 0 Å². The van der Waals surface area contributed by atoms with Crippen LogP contribution >= 0.6 is 0 Å². The molecule has 0 atom stereocenters. The summed E-state index contributed by atoms with van der Waals surface area (Å²) in [6.45, 7) is 0. The van der Waals surface area contributed by atoms with Gasteiger partial charge >= 0.3 is 0 Å². The van der Waals surface area contributed by atoms with Crippen LogP contribution in [-0.2, 0) is 0 Å². The monoisotopic (exact) mass is 502 g/mol. The Morgan fingerprint density at radius 2 is 1.37 bits per heavy atom. The summed E-state index contributed by atoms with van der Waals surface area (Å²) in [6.07, 6.45) is 0. The van der Waals surface area contributed by atoms with Crippen LogP contribution in [0.5, 0.6) is 11.5 Å². The van der Waals surface area contributed by atoms with E-state index in [0.29, 0.717) is 33.8 Å². The fourth-order valence-corrected chi connectivity index (χ4v) is 4.79. The van der Waals surface area contributed by atoms with E-state index in [1.807, 2.05) is 72.8 Å². The van der Waals surface area contributed by atoms with Crippen molar-refractivity contribution in [2.45, 2.75) is 0 Å². The predicted molar refractivity (Wildman–Crippen MR) is 147 cm³/mol. The van der Waals surface area contributed by atoms with Gasteiger partial charge < -0.3 is 9.47 Å². The average Bonchev–Trinajstić information content (AvgIpc) is 3.36. The highest BCUT2D eigenvalue weighted by Crippen LogP contribution is 2.44. The number of aromatic nitrogens is 3. The third-order valence-electron chi connectivity index (χ3n) is 6.53. The first kappa shape index (κ1) is 23.2. The molecular weight excluding hydrogens is 480 g/mol. The Labute approximate surface area is 217 Å². The van der Waals surface area contributed by atoms with Crippen molar-refractivity contribution in [1.82, 2.24) is 14.8 Å². The molecule has 0 saturated heterocycles. The van der Waals surface area contributed by atoms with Crippen LogP contribution < -0.4 is 9.47 Å². The molecule has 2 aromatic heterocycles. The first-order valence-corrected chi connectivity index (χ1v) is 11.9. The van der Waals surface area contributed by atoms with Gasteiger partial charge in [0.25, 0.3) is 5.69 Å². The minimum atomic E-state index is -0.391. The number of benzene rings is 4. The Kier molecular flexibility index (Phi) is 5.69. The fourth-order valence-electron chi connectivity index (χ4n) is 4.79. The van der Waals surface area contributed by atoms with Crippen molar-refractivity contribution >= 4 is 27.5 Å². The van der Waals surface area contributed by atoms with Gasteiger partial charge in [-0.2, -0.15) is 5.10 Å². The number of rotatable bonds is 6. The number of nitro groups is 1. The first-order chi connectivity index (χ1) is 18.6. The molecule has 0 spiro atoms. The minimum Gasteiger partial charge on any atom is -0.493 e. The van der Waals surface area contributed by atoms with Crippen LogP contribution in [0.3, 0.4) is 0 Å². The summed E-state index contributed by atoms with van der Waals surface area (Å²) in [5, 5.41) is 19.3. The zero-order valence-corrected chi connectivity index (χ0v) is 20.7. The van der Waals surface area contributed by atoms with Gasteiger partial charge in [-0.1, -0.05) is 60.7 Å². The summed E-state index contributed by atoms with van der Waals surface area (Å²) >= 11 is 0. The number of nitrogens with zero attached hydrogens (tertiary/aromatic N) is 4. The zero-order valence-electron chi connectivity index (χ0n) is 20.7. The minimum absolute atomic E-state index is 0.0375. The number of para-hydroxylation sites is 2. The summed E-state index contributed by atoms with van der Waals surface area (Å²) in [7, 11) is 3.14. The van der Waals surface area contributed by atoms with Crippen molar-refractivity contribution in [3.8, 4) is 39.7 Å². The number of nitro benzene ring substituents is 1. The molecule has 0 unspecified atom stereocenters. The molecule has 0 fully saturated rings. The number of pyridine rings is 1. The highest BCUT2D eigenvalue weighted by Gasteiger charge is 2.25. The first-order valence-electron chi connectivity index (χ1n) is 11.9. The van der Waals surface area contributed by atoms with Gasteiger partial charge in [0.05, 0.1) is 41.5 Å². The van der Waals surface area contributed by atoms with E-state index in [2.05, 4.69) is 0 Å². The van der Waals surface area contributed by atoms with Gasteiger partial charge in [0.1, 0.15) is 5.69 Å². The summed E-state index contributed by atoms with van der Waals surface area (Å²) in [5.41, 5.74) is 3.87. The number of hydrogen-bond donors (Lipinski definition) is 0. The number of methoxy groups -OCH3 is 2. The molecule has 8 nitrogen and oxygen atoms in total. The number of fused-ring (bicyclic) bond motifs is 3. The molecule has 4 aromatic carbocycles. The Morgan fingerprint density at radius 1 is 0.763 bits per heavy atom. The SMILES string of the molecule is COc1cc2c(-c3ccccc3[N+](=O)[O-])nc3c(c(-c4ccccc4)nn3-c3ccccc3)c2cc1OC. The second kappa shape index (κ2) is 9.33. The summed E-state index contributed by atoms with van der Waals surface area (Å²) in [4.78, 5) is 16.7. The van der Waals surface area contributed by atoms with E-state index in [4.69, 9.17) is 19.6 Å². The quantitative estimate of drug-likeness (QED) is 0.183. The third kappa shape index (κ3) is 3.70. The highest BCUT2D eigenvalue weighted by molar-refractivity contribution is 6.16. The molecule has 0 radical (unpaired) electrons. The fraction of sp³-hybridized carbons (Fsp3) is 0.0667. The van der Waals surface area contributed by atoms with E-state index in [1.54, 1.807) is 37.1 Å². The van der Waals surface area contributed by atoms with Gasteiger partial charge in [0.15, 0.2) is 17.1 Å². The van der Waals surface area contributed by atoms with E-state index >= 15 is 0 Å². The molecule has 0 bridgehead atoms. The maximum atomic E-state index is 12.0. The Hall–Kier alpha value is -5.24. The van der Waals surface area contributed by atoms with Crippen molar-refractivity contribution < 1.29 is 14.4 Å². The van der Waals surface area contributed by atoms with Crippen LogP contribution in [0.4, 0.5) is 5.69 Å². The van der Waals surface area contributed by atoms with Crippen LogP contribution in [0.15, 0.2) is 97.1 Å². The largest absolute Gasteiger partial charge is 0.493 e. The second-order valence-electron chi connectivity index (χ2n) is 8.65. The lowest BCUT2D eigenvalue weighted by molar-refractivity contribution is -0.384. The second-order valence-corrected chi connectivity index (χ2v) is 8.65. The molecule has 0 amide bonds. The van der Waals surface area contributed by atoms with Gasteiger partial charge in [0, 0.05) is 22.4 Å². The highest BCUT2D eigenvalue weighted by atomic mass is 16.6. The topological polar surface area (TPSA) is 92.3 Å². The van der Waals surface area contributed by atoms with Crippen LogP contribution in [0, 0.1) is 10.1 Å². The standard InChI is InChI=1S/C30H22N4O4/c1-37-25-17-22-23(18-26(25)38-2)29(21-15-9-10-16-24(21)34(35)36)31-30-27(22)28(19-11-5-3-6-12-19)32-33(30)20-13-7-4-8-14-20/h3-18H,1-2H3. The molecule has 2 heterocycles. The Bertz CT molecular complexity index is 1820. The van der Waals surface area contributed by atoms with E-state index in [0.717, 1.165) is 27.7 Å². The average molecular weight is 503 g/mol. The molecule has 0 aliphatic heterocycles. The van der Waals surface area contributed by atoms with Crippen molar-refractivity contribution in [2.75, 3.05) is 14.2 Å². The van der Waals surface area contributed by atoms with Gasteiger partial charge in [-0.05, 0) is 30.3 Å². The number of ether oxygens (including phenoxy) is 2. The van der Waals surface area contributed by atoms with Crippen molar-refractivity contribution in [3.05, 3.63) is 107 Å². The normalized spacial score (nSPS) is 11.1. The molecule has 0 saturated carbocycles. The van der Waals surface area contributed by atoms with Crippen LogP contribution in [0.2, 0.25) is 0 Å². The molecule has 0 aliphatic carbocycles. The van der Waals surface area contributed by atoms with Crippen LogP contribution in [-0.4, -0.2) is 33.9 Å². The summed E-state index contributed by atoms with van der Waals surface area (Å²) < 4.78 is 13.0. The lowest BCUT2D eigenvalue weighted by Crippen LogP contribution is -2.00. The van der Waals surface area contributed by atoms with E-state index < -0.39 is 4.92 Å². The molecule has 6 rings (SSSR count). The smallest absolute Gasteiger partial charge is 0.278 e. The zero-order chi connectivity index (χ0) is 26.2. The van der Waals surface area contributed by atoms with Crippen LogP contribution in [0.1, 0.15) is 0 Å². The maximum absolute atomic E-state index is 12.0. The molecule has 0 aliphatic rings. The molecular formula is C30H22N4O4. The van der Waals surface area contributed by atoms with Crippen molar-refractivity contribution in [3.63, 3.8) is 0 Å². The van der Waals surface area contributed by atoms with Crippen molar-refractivity contribution in [1.29, 1.82) is 0 Å². The molecule has 186 valence electrons. The van der Waals surface area contributed by atoms with Gasteiger partial charge in [-0.25, -0.2) is 9.67 Å². The third-order valence-corrected chi connectivity index (χ3v) is 6.53. The molecule has 38 heavy (non-hydrogen) atoms. The molecule has 0 N–H and O–H groups in total. The maximum Gasteiger partial charge on any atom is 0.278 e. The van der Waals surface area contributed by atoms with Gasteiger partial charge in [-0.3, -0.25) is 10.1 Å². The lowest BCUT2D eigenvalue weighted by atomic mass is 9.98. The van der Waals surface area contributed by atoms with Crippen molar-refractivity contribution in [2.24, 2.45) is 0 Å². The van der Waals surface area contributed by atoms with Crippen LogP contribution in [0.25, 0.3) is 50.0 Å². The molecule has 8 heteroatoms. The predicted octanol–water partition coefficient (Wildman–Crippen LogP) is 6.83. The van der Waals surface area contributed by atoms with E-state index in [1.165, 1.54) is 6.07 Å². The number of hydrogen-bond acceptors (Lipinski definition) is 6.